The number of hydrogen-bond acceptors (Lipinski definition) is 4. The molecule has 1 aromatic heterocycles. The van der Waals surface area contributed by atoms with Gasteiger partial charge in [-0.05, 0) is 30.4 Å². The Balaban J connectivity index is 2.11. The van der Waals surface area contributed by atoms with E-state index in [0.29, 0.717) is 5.82 Å². The van der Waals surface area contributed by atoms with E-state index in [1.54, 1.807) is 0 Å². The zero-order chi connectivity index (χ0) is 12.5. The molecule has 1 aromatic carbocycles. The lowest BCUT2D eigenvalue weighted by Gasteiger charge is -2.24. The van der Waals surface area contributed by atoms with Gasteiger partial charge in [-0.1, -0.05) is 24.3 Å². The zero-order valence-electron chi connectivity index (χ0n) is 9.89. The Morgan fingerprint density at radius 2 is 2.11 bits per heavy atom. The van der Waals surface area contributed by atoms with Crippen LogP contribution in [-0.4, -0.2) is 15.0 Å². The predicted octanol–water partition coefficient (Wildman–Crippen LogP) is 1.22. The number of H-pyrrole nitrogens is 1. The van der Waals surface area contributed by atoms with Crippen LogP contribution in [0.3, 0.4) is 0 Å². The van der Waals surface area contributed by atoms with Gasteiger partial charge in [-0.25, -0.2) is 4.79 Å². The van der Waals surface area contributed by atoms with E-state index in [1.165, 1.54) is 11.1 Å². The van der Waals surface area contributed by atoms with Crippen molar-refractivity contribution in [3.05, 3.63) is 51.7 Å². The summed E-state index contributed by atoms with van der Waals surface area (Å²) in [5.41, 5.74) is 7.67. The van der Waals surface area contributed by atoms with Crippen LogP contribution in [0.2, 0.25) is 0 Å². The average molecular weight is 242 g/mol. The summed E-state index contributed by atoms with van der Waals surface area (Å²) in [5, 5.41) is 0. The van der Waals surface area contributed by atoms with Gasteiger partial charge in [0.25, 0.3) is 0 Å². The molecule has 0 fully saturated rings. The number of benzene rings is 1. The molecule has 3 rings (SSSR count). The molecule has 1 unspecified atom stereocenters. The number of nitrogen functional groups attached to an aromatic ring is 1. The molecule has 0 radical (unpaired) electrons. The second-order valence-corrected chi connectivity index (χ2v) is 4.54. The number of anilines is 1. The summed E-state index contributed by atoms with van der Waals surface area (Å²) in [6.45, 7) is 0. The molecule has 5 nitrogen and oxygen atoms in total. The molecule has 0 aliphatic heterocycles. The first-order valence-electron chi connectivity index (χ1n) is 6.05. The maximum atomic E-state index is 11.4. The van der Waals surface area contributed by atoms with Gasteiger partial charge in [0.05, 0.1) is 0 Å². The van der Waals surface area contributed by atoms with Crippen molar-refractivity contribution < 1.29 is 0 Å². The van der Waals surface area contributed by atoms with Crippen LogP contribution in [0, 0.1) is 0 Å². The normalized spacial score (nSPS) is 18.3. The fourth-order valence-electron chi connectivity index (χ4n) is 2.62. The van der Waals surface area contributed by atoms with Crippen molar-refractivity contribution >= 4 is 5.95 Å². The van der Waals surface area contributed by atoms with E-state index >= 15 is 0 Å². The van der Waals surface area contributed by atoms with Crippen molar-refractivity contribution in [2.75, 3.05) is 5.73 Å². The first-order valence-corrected chi connectivity index (χ1v) is 6.05. The molecular weight excluding hydrogens is 228 g/mol. The Hall–Kier alpha value is -2.17. The highest BCUT2D eigenvalue weighted by Gasteiger charge is 2.23. The summed E-state index contributed by atoms with van der Waals surface area (Å²) in [4.78, 5) is 21.8. The monoisotopic (exact) mass is 242 g/mol. The van der Waals surface area contributed by atoms with E-state index in [0.717, 1.165) is 19.3 Å². The topological polar surface area (TPSA) is 84.7 Å². The second-order valence-electron chi connectivity index (χ2n) is 4.54. The summed E-state index contributed by atoms with van der Waals surface area (Å²) >= 11 is 0. The minimum absolute atomic E-state index is 0.0387. The van der Waals surface area contributed by atoms with Gasteiger partial charge in [0.2, 0.25) is 5.95 Å². The third-order valence-electron chi connectivity index (χ3n) is 3.39. The molecule has 92 valence electrons. The van der Waals surface area contributed by atoms with Gasteiger partial charge in [-0.3, -0.25) is 4.98 Å². The van der Waals surface area contributed by atoms with Crippen LogP contribution in [0.4, 0.5) is 5.95 Å². The van der Waals surface area contributed by atoms with E-state index in [9.17, 15) is 4.79 Å². The van der Waals surface area contributed by atoms with E-state index in [-0.39, 0.29) is 11.9 Å². The molecular formula is C13H14N4O. The molecule has 1 atom stereocenters. The third-order valence-corrected chi connectivity index (χ3v) is 3.39. The van der Waals surface area contributed by atoms with E-state index in [2.05, 4.69) is 27.1 Å². The van der Waals surface area contributed by atoms with Crippen LogP contribution in [0.5, 0.6) is 0 Å². The quantitative estimate of drug-likeness (QED) is 0.787. The number of aromatic amines is 1. The minimum Gasteiger partial charge on any atom is -0.368 e. The lowest BCUT2D eigenvalue weighted by atomic mass is 9.82. The highest BCUT2D eigenvalue weighted by molar-refractivity contribution is 5.36. The highest BCUT2D eigenvalue weighted by atomic mass is 16.1. The van der Waals surface area contributed by atoms with Crippen molar-refractivity contribution in [1.82, 2.24) is 15.0 Å². The molecule has 1 aliphatic rings. The molecule has 0 saturated heterocycles. The molecule has 5 heteroatoms. The van der Waals surface area contributed by atoms with Crippen LogP contribution in [0.25, 0.3) is 0 Å². The molecule has 0 amide bonds. The molecule has 0 saturated carbocycles. The Labute approximate surface area is 104 Å². The second kappa shape index (κ2) is 4.25. The molecule has 0 spiro atoms. The standard InChI is InChI=1S/C13H14N4O/c14-12-15-11(16-13(18)17-12)10-7-3-5-8-4-1-2-6-9(8)10/h1-2,4,6,10H,3,5,7H2,(H3,14,15,16,17,18). The van der Waals surface area contributed by atoms with Crippen molar-refractivity contribution in [3.63, 3.8) is 0 Å². The lowest BCUT2D eigenvalue weighted by molar-refractivity contribution is 0.586. The zero-order valence-corrected chi connectivity index (χ0v) is 9.89. The predicted molar refractivity (Wildman–Crippen MR) is 68.3 cm³/mol. The SMILES string of the molecule is Nc1nc(C2CCCc3ccccc32)[nH]c(=O)n1. The molecule has 0 bridgehead atoms. The minimum atomic E-state index is -0.430. The van der Waals surface area contributed by atoms with E-state index in [4.69, 9.17) is 5.73 Å². The third kappa shape index (κ3) is 1.88. The van der Waals surface area contributed by atoms with Crippen molar-refractivity contribution in [3.8, 4) is 0 Å². The van der Waals surface area contributed by atoms with Gasteiger partial charge in [-0.15, -0.1) is 0 Å². The molecule has 3 N–H and O–H groups in total. The highest BCUT2D eigenvalue weighted by Crippen LogP contribution is 2.34. The number of nitrogens with two attached hydrogens (primary N) is 1. The number of nitrogens with zero attached hydrogens (tertiary/aromatic N) is 2. The number of nitrogens with one attached hydrogen (secondary N) is 1. The van der Waals surface area contributed by atoms with Crippen LogP contribution < -0.4 is 11.4 Å². The molecule has 18 heavy (non-hydrogen) atoms. The summed E-state index contributed by atoms with van der Waals surface area (Å²) < 4.78 is 0. The van der Waals surface area contributed by atoms with Gasteiger partial charge in [-0.2, -0.15) is 9.97 Å². The Kier molecular flexibility index (Phi) is 2.59. The summed E-state index contributed by atoms with van der Waals surface area (Å²) in [5.74, 6) is 0.782. The Morgan fingerprint density at radius 3 is 2.94 bits per heavy atom. The van der Waals surface area contributed by atoms with Gasteiger partial charge in [0, 0.05) is 5.92 Å². The fourth-order valence-corrected chi connectivity index (χ4v) is 2.62. The number of fused-ring (bicyclic) bond motifs is 1. The number of rotatable bonds is 1. The maximum Gasteiger partial charge on any atom is 0.349 e. The van der Waals surface area contributed by atoms with Crippen LogP contribution in [-0.2, 0) is 6.42 Å². The first kappa shape index (κ1) is 11.0. The number of hydrogen-bond donors (Lipinski definition) is 2. The Bertz CT molecular complexity index is 635. The maximum absolute atomic E-state index is 11.4. The number of aromatic nitrogens is 3. The molecule has 2 aromatic rings. The summed E-state index contributed by atoms with van der Waals surface area (Å²) in [7, 11) is 0. The van der Waals surface area contributed by atoms with Crippen molar-refractivity contribution in [2.45, 2.75) is 25.2 Å². The lowest BCUT2D eigenvalue weighted by Crippen LogP contribution is -2.22. The van der Waals surface area contributed by atoms with Gasteiger partial charge >= 0.3 is 5.69 Å². The van der Waals surface area contributed by atoms with Gasteiger partial charge in [0.1, 0.15) is 5.82 Å². The van der Waals surface area contributed by atoms with Crippen molar-refractivity contribution in [2.24, 2.45) is 0 Å². The first-order chi connectivity index (χ1) is 8.74. The number of aryl methyl sites for hydroxylation is 1. The molecule has 1 heterocycles. The largest absolute Gasteiger partial charge is 0.368 e. The smallest absolute Gasteiger partial charge is 0.349 e. The van der Waals surface area contributed by atoms with Crippen molar-refractivity contribution in [1.29, 1.82) is 0 Å². The Morgan fingerprint density at radius 1 is 1.28 bits per heavy atom. The van der Waals surface area contributed by atoms with Crippen LogP contribution in [0.1, 0.15) is 35.7 Å². The van der Waals surface area contributed by atoms with E-state index < -0.39 is 5.69 Å². The van der Waals surface area contributed by atoms with Crippen LogP contribution >= 0.6 is 0 Å². The van der Waals surface area contributed by atoms with Crippen LogP contribution in [0.15, 0.2) is 29.1 Å². The summed E-state index contributed by atoms with van der Waals surface area (Å²) in [6, 6.07) is 8.28. The molecule has 1 aliphatic carbocycles. The van der Waals surface area contributed by atoms with Gasteiger partial charge < -0.3 is 5.73 Å². The van der Waals surface area contributed by atoms with Gasteiger partial charge in [0.15, 0.2) is 0 Å². The summed E-state index contributed by atoms with van der Waals surface area (Å²) in [6.07, 6.45) is 3.15. The fraction of sp³-hybridized carbons (Fsp3) is 0.308. The average Bonchev–Trinajstić information content (AvgIpc) is 2.37. The van der Waals surface area contributed by atoms with E-state index in [1.807, 2.05) is 12.1 Å².